The molecule has 0 aliphatic heterocycles. The highest BCUT2D eigenvalue weighted by atomic mass is 32.1. The van der Waals surface area contributed by atoms with Crippen molar-refractivity contribution in [2.24, 2.45) is 4.99 Å². The quantitative estimate of drug-likeness (QED) is 0.598. The van der Waals surface area contributed by atoms with E-state index in [1.165, 1.54) is 4.88 Å². The fourth-order valence-electron chi connectivity index (χ4n) is 1.12. The number of guanidine groups is 1. The summed E-state index contributed by atoms with van der Waals surface area (Å²) in [6.07, 6.45) is 0. The van der Waals surface area contributed by atoms with Crippen LogP contribution in [0.3, 0.4) is 0 Å². The third kappa shape index (κ3) is 4.83. The molecule has 0 aliphatic rings. The summed E-state index contributed by atoms with van der Waals surface area (Å²) < 4.78 is 0. The van der Waals surface area contributed by atoms with Crippen molar-refractivity contribution < 1.29 is 0 Å². The van der Waals surface area contributed by atoms with Crippen LogP contribution in [0.15, 0.2) is 22.5 Å². The Bertz CT molecular complexity index is 309. The number of nitrogens with zero attached hydrogens (tertiary/aromatic N) is 1. The van der Waals surface area contributed by atoms with Crippen molar-refractivity contribution in [1.82, 2.24) is 10.6 Å². The van der Waals surface area contributed by atoms with E-state index in [9.17, 15) is 0 Å². The normalized spacial score (nSPS) is 12.7. The molecule has 0 spiro atoms. The molecule has 1 heterocycles. The van der Waals surface area contributed by atoms with Crippen LogP contribution in [0.2, 0.25) is 0 Å². The third-order valence-electron chi connectivity index (χ3n) is 1.73. The molecule has 1 rings (SSSR count). The second-order valence-corrected chi connectivity index (χ2v) is 5.41. The lowest BCUT2D eigenvalue weighted by Crippen LogP contribution is -2.47. The highest BCUT2D eigenvalue weighted by molar-refractivity contribution is 7.09. The van der Waals surface area contributed by atoms with Crippen LogP contribution >= 0.6 is 11.3 Å². The summed E-state index contributed by atoms with van der Waals surface area (Å²) in [6.45, 7) is 7.18. The summed E-state index contributed by atoms with van der Waals surface area (Å²) in [5.41, 5.74) is 0.0390. The van der Waals surface area contributed by atoms with E-state index in [1.807, 2.05) is 0 Å². The van der Waals surface area contributed by atoms with Crippen LogP contribution in [-0.4, -0.2) is 18.5 Å². The van der Waals surface area contributed by atoms with E-state index < -0.39 is 0 Å². The molecule has 0 aliphatic carbocycles. The second-order valence-electron chi connectivity index (χ2n) is 4.38. The van der Waals surface area contributed by atoms with Crippen molar-refractivity contribution in [1.29, 1.82) is 0 Å². The van der Waals surface area contributed by atoms with Gasteiger partial charge in [0.15, 0.2) is 5.96 Å². The first-order valence-electron chi connectivity index (χ1n) is 5.02. The molecule has 2 N–H and O–H groups in total. The van der Waals surface area contributed by atoms with Gasteiger partial charge in [0.2, 0.25) is 0 Å². The Hall–Kier alpha value is -1.03. The summed E-state index contributed by atoms with van der Waals surface area (Å²) >= 11 is 1.75. The molecular formula is C11H19N3S. The largest absolute Gasteiger partial charge is 0.352 e. The van der Waals surface area contributed by atoms with Crippen molar-refractivity contribution >= 4 is 17.3 Å². The van der Waals surface area contributed by atoms with Crippen molar-refractivity contribution in [3.8, 4) is 0 Å². The molecule has 0 bridgehead atoms. The number of rotatable bonds is 2. The number of hydrogen-bond acceptors (Lipinski definition) is 2. The summed E-state index contributed by atoms with van der Waals surface area (Å²) in [5.74, 6) is 0.843. The molecule has 0 saturated heterocycles. The van der Waals surface area contributed by atoms with Crippen LogP contribution in [0, 0.1) is 0 Å². The maximum Gasteiger partial charge on any atom is 0.191 e. The minimum absolute atomic E-state index is 0.0390. The van der Waals surface area contributed by atoms with E-state index >= 15 is 0 Å². The van der Waals surface area contributed by atoms with E-state index in [4.69, 9.17) is 0 Å². The van der Waals surface area contributed by atoms with Crippen molar-refractivity contribution in [3.05, 3.63) is 22.4 Å². The maximum atomic E-state index is 4.17. The van der Waals surface area contributed by atoms with Gasteiger partial charge >= 0.3 is 0 Å². The predicted molar refractivity (Wildman–Crippen MR) is 67.4 cm³/mol. The fraction of sp³-hybridized carbons (Fsp3) is 0.545. The lowest BCUT2D eigenvalue weighted by molar-refractivity contribution is 0.501. The molecule has 0 fully saturated rings. The van der Waals surface area contributed by atoms with Gasteiger partial charge in [-0.3, -0.25) is 4.99 Å². The van der Waals surface area contributed by atoms with Crippen LogP contribution in [0.4, 0.5) is 0 Å². The molecule has 0 saturated carbocycles. The molecule has 15 heavy (non-hydrogen) atoms. The molecule has 1 aromatic heterocycles. The van der Waals surface area contributed by atoms with Gasteiger partial charge in [0.25, 0.3) is 0 Å². The zero-order valence-corrected chi connectivity index (χ0v) is 10.6. The van der Waals surface area contributed by atoms with Gasteiger partial charge in [-0.15, -0.1) is 11.3 Å². The van der Waals surface area contributed by atoms with Crippen LogP contribution in [0.25, 0.3) is 0 Å². The van der Waals surface area contributed by atoms with Gasteiger partial charge in [0.05, 0.1) is 6.54 Å². The Kier molecular flexibility index (Phi) is 4.15. The molecule has 0 radical (unpaired) electrons. The van der Waals surface area contributed by atoms with Crippen molar-refractivity contribution in [2.45, 2.75) is 32.9 Å². The summed E-state index contributed by atoms with van der Waals surface area (Å²) in [4.78, 5) is 5.48. The first kappa shape index (κ1) is 12.0. The van der Waals surface area contributed by atoms with Crippen LogP contribution in [-0.2, 0) is 6.54 Å². The summed E-state index contributed by atoms with van der Waals surface area (Å²) in [7, 11) is 1.79. The van der Waals surface area contributed by atoms with Gasteiger partial charge < -0.3 is 10.6 Å². The first-order valence-corrected chi connectivity index (χ1v) is 5.90. The Labute approximate surface area is 95.6 Å². The Morgan fingerprint density at radius 3 is 2.67 bits per heavy atom. The fourth-order valence-corrected chi connectivity index (χ4v) is 1.76. The molecule has 4 heteroatoms. The maximum absolute atomic E-state index is 4.17. The zero-order valence-electron chi connectivity index (χ0n) is 9.79. The Morgan fingerprint density at radius 1 is 1.47 bits per heavy atom. The lowest BCUT2D eigenvalue weighted by atomic mass is 10.1. The first-order chi connectivity index (χ1) is 7.01. The minimum Gasteiger partial charge on any atom is -0.352 e. The van der Waals surface area contributed by atoms with Crippen molar-refractivity contribution in [2.75, 3.05) is 7.05 Å². The van der Waals surface area contributed by atoms with Crippen LogP contribution < -0.4 is 10.6 Å². The average Bonchev–Trinajstić information content (AvgIpc) is 2.62. The van der Waals surface area contributed by atoms with Gasteiger partial charge in [0.1, 0.15) is 0 Å². The average molecular weight is 225 g/mol. The lowest BCUT2D eigenvalue weighted by Gasteiger charge is -2.23. The van der Waals surface area contributed by atoms with E-state index in [1.54, 1.807) is 18.4 Å². The van der Waals surface area contributed by atoms with Gasteiger partial charge in [-0.25, -0.2) is 0 Å². The van der Waals surface area contributed by atoms with Gasteiger partial charge in [-0.05, 0) is 32.2 Å². The summed E-state index contributed by atoms with van der Waals surface area (Å²) in [6, 6.07) is 4.17. The molecule has 1 aromatic rings. The number of nitrogens with one attached hydrogen (secondary N) is 2. The highest BCUT2D eigenvalue weighted by Crippen LogP contribution is 2.07. The topological polar surface area (TPSA) is 36.4 Å². The van der Waals surface area contributed by atoms with Crippen LogP contribution in [0.5, 0.6) is 0 Å². The molecule has 3 nitrogen and oxygen atoms in total. The van der Waals surface area contributed by atoms with Gasteiger partial charge in [0, 0.05) is 17.5 Å². The van der Waals surface area contributed by atoms with E-state index in [0.29, 0.717) is 0 Å². The number of aliphatic imine (C=N–C) groups is 1. The monoisotopic (exact) mass is 225 g/mol. The van der Waals surface area contributed by atoms with E-state index in [-0.39, 0.29) is 5.54 Å². The highest BCUT2D eigenvalue weighted by Gasteiger charge is 2.11. The number of thiophene rings is 1. The number of hydrogen-bond donors (Lipinski definition) is 2. The second kappa shape index (κ2) is 5.16. The molecule has 0 unspecified atom stereocenters. The Balaban J connectivity index is 2.42. The van der Waals surface area contributed by atoms with Gasteiger partial charge in [-0.2, -0.15) is 0 Å². The third-order valence-corrected chi connectivity index (χ3v) is 2.60. The Morgan fingerprint density at radius 2 is 2.20 bits per heavy atom. The molecule has 84 valence electrons. The standard InChI is InChI=1S/C11H19N3S/c1-11(2,3)14-10(12-4)13-8-9-6-5-7-15-9/h5-7H,8H2,1-4H3,(H2,12,13,14). The van der Waals surface area contributed by atoms with Gasteiger partial charge in [-0.1, -0.05) is 6.07 Å². The molecule has 0 aromatic carbocycles. The predicted octanol–water partition coefficient (Wildman–Crippen LogP) is 2.21. The van der Waals surface area contributed by atoms with E-state index in [0.717, 1.165) is 12.5 Å². The van der Waals surface area contributed by atoms with Crippen molar-refractivity contribution in [3.63, 3.8) is 0 Å². The molecule has 0 atom stereocenters. The molecular weight excluding hydrogens is 206 g/mol. The SMILES string of the molecule is CN=C(NCc1cccs1)NC(C)(C)C. The van der Waals surface area contributed by atoms with E-state index in [2.05, 4.69) is 53.9 Å². The molecule has 0 amide bonds. The zero-order chi connectivity index (χ0) is 11.3. The summed E-state index contributed by atoms with van der Waals surface area (Å²) in [5, 5.41) is 8.67. The van der Waals surface area contributed by atoms with Crippen LogP contribution in [0.1, 0.15) is 25.6 Å². The minimum atomic E-state index is 0.0390. The smallest absolute Gasteiger partial charge is 0.191 e.